The van der Waals surface area contributed by atoms with Crippen LogP contribution in [0.3, 0.4) is 0 Å². The minimum Gasteiger partial charge on any atom is -0.383 e. The van der Waals surface area contributed by atoms with Gasteiger partial charge < -0.3 is 14.8 Å². The van der Waals surface area contributed by atoms with Crippen molar-refractivity contribution in [2.45, 2.75) is 32.4 Å². The van der Waals surface area contributed by atoms with Crippen molar-refractivity contribution in [3.8, 4) is 0 Å². The van der Waals surface area contributed by atoms with Crippen LogP contribution in [0.4, 0.5) is 0 Å². The maximum Gasteiger partial charge on any atom is 0.206 e. The zero-order chi connectivity index (χ0) is 12.7. The average Bonchev–Trinajstić information content (AvgIpc) is 2.81. The molecule has 3 unspecified atom stereocenters. The molecule has 1 heterocycles. The molecule has 17 heavy (non-hydrogen) atoms. The molecule has 0 aromatic heterocycles. The number of ether oxygens (including phenoxy) is 2. The summed E-state index contributed by atoms with van der Waals surface area (Å²) in [6.07, 6.45) is 1.07. The highest BCUT2D eigenvalue weighted by molar-refractivity contribution is 5.79. The van der Waals surface area contributed by atoms with Gasteiger partial charge in [-0.25, -0.2) is 10.8 Å². The topological polar surface area (TPSA) is 80.9 Å². The van der Waals surface area contributed by atoms with Crippen molar-refractivity contribution < 1.29 is 9.47 Å². The van der Waals surface area contributed by atoms with Crippen LogP contribution >= 0.6 is 0 Å². The van der Waals surface area contributed by atoms with Gasteiger partial charge >= 0.3 is 0 Å². The standard InChI is InChI=1S/C11H24N4O2/c1-8(6-16-3)13-11(15-12)14-9(2)10-4-5-17-7-10/h8-10H,4-7,12H2,1-3H3,(H2,13,14,15). The van der Waals surface area contributed by atoms with Crippen LogP contribution in [0.1, 0.15) is 20.3 Å². The molecular formula is C11H24N4O2. The van der Waals surface area contributed by atoms with Crippen LogP contribution in [-0.2, 0) is 9.47 Å². The van der Waals surface area contributed by atoms with E-state index < -0.39 is 0 Å². The number of rotatable bonds is 5. The van der Waals surface area contributed by atoms with Gasteiger partial charge in [0.05, 0.1) is 19.3 Å². The molecule has 100 valence electrons. The van der Waals surface area contributed by atoms with Crippen molar-refractivity contribution >= 4 is 5.96 Å². The van der Waals surface area contributed by atoms with Crippen molar-refractivity contribution in [2.75, 3.05) is 26.9 Å². The second-order valence-electron chi connectivity index (χ2n) is 4.49. The van der Waals surface area contributed by atoms with E-state index in [9.17, 15) is 0 Å². The predicted octanol–water partition coefficient (Wildman–Crippen LogP) is -0.145. The van der Waals surface area contributed by atoms with Crippen LogP contribution in [0.2, 0.25) is 0 Å². The molecule has 1 aliphatic rings. The number of methoxy groups -OCH3 is 1. The van der Waals surface area contributed by atoms with Crippen LogP contribution in [-0.4, -0.2) is 45.0 Å². The lowest BCUT2D eigenvalue weighted by Crippen LogP contribution is -2.47. The largest absolute Gasteiger partial charge is 0.383 e. The molecule has 6 heteroatoms. The molecule has 1 saturated heterocycles. The fourth-order valence-electron chi connectivity index (χ4n) is 1.88. The Kier molecular flexibility index (Phi) is 6.25. The number of hydrazine groups is 1. The number of aliphatic imine (C=N–C) groups is 1. The van der Waals surface area contributed by atoms with Gasteiger partial charge in [0.15, 0.2) is 0 Å². The van der Waals surface area contributed by atoms with Crippen LogP contribution in [0.5, 0.6) is 0 Å². The second kappa shape index (κ2) is 7.47. The lowest BCUT2D eigenvalue weighted by Gasteiger charge is -2.19. The minimum atomic E-state index is 0.168. The van der Waals surface area contributed by atoms with Crippen LogP contribution in [0, 0.1) is 5.92 Å². The maximum absolute atomic E-state index is 5.45. The number of guanidine groups is 1. The highest BCUT2D eigenvalue weighted by Gasteiger charge is 2.22. The van der Waals surface area contributed by atoms with Crippen molar-refractivity contribution in [3.63, 3.8) is 0 Å². The fraction of sp³-hybridized carbons (Fsp3) is 0.909. The first-order valence-electron chi connectivity index (χ1n) is 6.05. The first-order valence-corrected chi connectivity index (χ1v) is 6.05. The summed E-state index contributed by atoms with van der Waals surface area (Å²) in [5, 5.41) is 3.17. The summed E-state index contributed by atoms with van der Waals surface area (Å²) < 4.78 is 10.4. The fourth-order valence-corrected chi connectivity index (χ4v) is 1.88. The quantitative estimate of drug-likeness (QED) is 0.271. The van der Waals surface area contributed by atoms with Gasteiger partial charge in [-0.05, 0) is 20.3 Å². The zero-order valence-corrected chi connectivity index (χ0v) is 10.9. The van der Waals surface area contributed by atoms with Crippen molar-refractivity contribution in [3.05, 3.63) is 0 Å². The molecule has 0 spiro atoms. The van der Waals surface area contributed by atoms with Gasteiger partial charge in [-0.1, -0.05) is 0 Å². The number of nitrogens with two attached hydrogens (primary N) is 1. The van der Waals surface area contributed by atoms with E-state index in [1.54, 1.807) is 7.11 Å². The van der Waals surface area contributed by atoms with Crippen molar-refractivity contribution in [2.24, 2.45) is 16.8 Å². The molecule has 0 aromatic carbocycles. The Bertz CT molecular complexity index is 242. The highest BCUT2D eigenvalue weighted by Crippen LogP contribution is 2.18. The monoisotopic (exact) mass is 244 g/mol. The molecule has 4 N–H and O–H groups in total. The SMILES string of the molecule is COCC(C)NC(=NC(C)C1CCOC1)NN. The van der Waals surface area contributed by atoms with Crippen LogP contribution < -0.4 is 16.6 Å². The Morgan fingerprint density at radius 2 is 2.35 bits per heavy atom. The van der Waals surface area contributed by atoms with Gasteiger partial charge in [0, 0.05) is 25.7 Å². The molecule has 1 fully saturated rings. The van der Waals surface area contributed by atoms with Gasteiger partial charge in [0.2, 0.25) is 5.96 Å². The van der Waals surface area contributed by atoms with Gasteiger partial charge in [-0.3, -0.25) is 5.43 Å². The zero-order valence-electron chi connectivity index (χ0n) is 10.9. The van der Waals surface area contributed by atoms with E-state index in [-0.39, 0.29) is 12.1 Å². The van der Waals surface area contributed by atoms with E-state index in [4.69, 9.17) is 15.3 Å². The number of hydrogen-bond donors (Lipinski definition) is 3. The predicted molar refractivity (Wildman–Crippen MR) is 67.6 cm³/mol. The van der Waals surface area contributed by atoms with Gasteiger partial charge in [0.1, 0.15) is 0 Å². The Balaban J connectivity index is 2.46. The van der Waals surface area contributed by atoms with Crippen LogP contribution in [0.25, 0.3) is 0 Å². The smallest absolute Gasteiger partial charge is 0.206 e. The maximum atomic E-state index is 5.45. The van der Waals surface area contributed by atoms with E-state index in [0.717, 1.165) is 19.6 Å². The van der Waals surface area contributed by atoms with Crippen molar-refractivity contribution in [1.29, 1.82) is 0 Å². The molecular weight excluding hydrogens is 220 g/mol. The third-order valence-electron chi connectivity index (χ3n) is 2.92. The molecule has 6 nitrogen and oxygen atoms in total. The summed E-state index contributed by atoms with van der Waals surface area (Å²) >= 11 is 0. The normalized spacial score (nSPS) is 24.5. The molecule has 0 amide bonds. The molecule has 0 aromatic rings. The summed E-state index contributed by atoms with van der Waals surface area (Å²) in [7, 11) is 1.67. The van der Waals surface area contributed by atoms with Gasteiger partial charge in [-0.2, -0.15) is 0 Å². The third-order valence-corrected chi connectivity index (χ3v) is 2.92. The summed E-state index contributed by atoms with van der Waals surface area (Å²) in [4.78, 5) is 4.53. The summed E-state index contributed by atoms with van der Waals surface area (Å²) in [5.41, 5.74) is 2.59. The number of hydrogen-bond acceptors (Lipinski definition) is 4. The van der Waals surface area contributed by atoms with E-state index in [1.807, 2.05) is 6.92 Å². The Morgan fingerprint density at radius 3 is 2.88 bits per heavy atom. The lowest BCUT2D eigenvalue weighted by atomic mass is 10.0. The molecule has 0 bridgehead atoms. The number of nitrogens with zero attached hydrogens (tertiary/aromatic N) is 1. The second-order valence-corrected chi connectivity index (χ2v) is 4.49. The van der Waals surface area contributed by atoms with E-state index in [2.05, 4.69) is 22.7 Å². The highest BCUT2D eigenvalue weighted by atomic mass is 16.5. The Hall–Kier alpha value is -0.850. The van der Waals surface area contributed by atoms with Gasteiger partial charge in [-0.15, -0.1) is 0 Å². The first-order chi connectivity index (χ1) is 8.17. The van der Waals surface area contributed by atoms with E-state index in [1.165, 1.54) is 0 Å². The first kappa shape index (κ1) is 14.2. The minimum absolute atomic E-state index is 0.168. The lowest BCUT2D eigenvalue weighted by molar-refractivity contribution is 0.178. The molecule has 1 rings (SSSR count). The average molecular weight is 244 g/mol. The van der Waals surface area contributed by atoms with E-state index in [0.29, 0.717) is 18.5 Å². The molecule has 0 radical (unpaired) electrons. The molecule has 3 atom stereocenters. The third kappa shape index (κ3) is 4.89. The van der Waals surface area contributed by atoms with Crippen molar-refractivity contribution in [1.82, 2.24) is 10.7 Å². The van der Waals surface area contributed by atoms with E-state index >= 15 is 0 Å². The van der Waals surface area contributed by atoms with Crippen LogP contribution in [0.15, 0.2) is 4.99 Å². The summed E-state index contributed by atoms with van der Waals surface area (Å²) in [5.74, 6) is 6.54. The Labute approximate surface area is 103 Å². The van der Waals surface area contributed by atoms with Gasteiger partial charge in [0.25, 0.3) is 0 Å². The summed E-state index contributed by atoms with van der Waals surface area (Å²) in [6, 6.07) is 0.368. The number of nitrogens with one attached hydrogen (secondary N) is 2. The Morgan fingerprint density at radius 1 is 1.59 bits per heavy atom. The molecule has 1 aliphatic heterocycles. The molecule has 0 saturated carbocycles. The summed E-state index contributed by atoms with van der Waals surface area (Å²) in [6.45, 7) is 6.33. The molecule has 0 aliphatic carbocycles.